The van der Waals surface area contributed by atoms with Crippen LogP contribution in [0.3, 0.4) is 0 Å². The summed E-state index contributed by atoms with van der Waals surface area (Å²) < 4.78 is 3.22. The third-order valence-corrected chi connectivity index (χ3v) is 4.24. The Hall–Kier alpha value is -1.72. The third-order valence-electron chi connectivity index (χ3n) is 3.39. The van der Waals surface area contributed by atoms with Gasteiger partial charge in [0.15, 0.2) is 0 Å². The first-order valence-corrected chi connectivity index (χ1v) is 7.72. The van der Waals surface area contributed by atoms with Crippen molar-refractivity contribution in [1.82, 2.24) is 20.1 Å². The van der Waals surface area contributed by atoms with Gasteiger partial charge in [-0.25, -0.2) is 0 Å². The number of nitrogens with zero attached hydrogens (tertiary/aromatic N) is 3. The smallest absolute Gasteiger partial charge is 0.0809 e. The summed E-state index contributed by atoms with van der Waals surface area (Å²) in [6.07, 6.45) is 7.10. The molecule has 3 aromatic heterocycles. The van der Waals surface area contributed by atoms with E-state index in [1.54, 1.807) is 11.3 Å². The van der Waals surface area contributed by atoms with Crippen molar-refractivity contribution in [3.63, 3.8) is 0 Å². The molecule has 1 atom stereocenters. The largest absolute Gasteiger partial charge is 0.309 e. The summed E-state index contributed by atoms with van der Waals surface area (Å²) in [4.78, 5) is 4.52. The maximum Gasteiger partial charge on any atom is 0.0809 e. The van der Waals surface area contributed by atoms with Gasteiger partial charge in [-0.05, 0) is 36.5 Å². The number of thiophene rings is 1. The molecule has 0 amide bonds. The maximum absolute atomic E-state index is 4.52. The van der Waals surface area contributed by atoms with Gasteiger partial charge in [0.25, 0.3) is 0 Å². The average molecular weight is 286 g/mol. The van der Waals surface area contributed by atoms with Crippen LogP contribution in [0.2, 0.25) is 0 Å². The van der Waals surface area contributed by atoms with Crippen LogP contribution in [-0.2, 0) is 6.54 Å². The number of hydrogen-bond acceptors (Lipinski definition) is 4. The van der Waals surface area contributed by atoms with Crippen molar-refractivity contribution < 1.29 is 0 Å². The van der Waals surface area contributed by atoms with Gasteiger partial charge in [-0.2, -0.15) is 5.10 Å². The van der Waals surface area contributed by atoms with Crippen LogP contribution in [0.25, 0.3) is 10.2 Å². The Morgan fingerprint density at radius 2 is 2.25 bits per heavy atom. The molecule has 0 saturated carbocycles. The number of pyridine rings is 1. The van der Waals surface area contributed by atoms with Crippen LogP contribution in [0.5, 0.6) is 0 Å². The summed E-state index contributed by atoms with van der Waals surface area (Å²) in [5.41, 5.74) is 3.42. The molecule has 1 unspecified atom stereocenters. The maximum atomic E-state index is 4.52. The number of hydrogen-bond donors (Lipinski definition) is 1. The summed E-state index contributed by atoms with van der Waals surface area (Å²) in [6.45, 7) is 3.12. The molecule has 0 saturated heterocycles. The number of aryl methyl sites for hydroxylation is 1. The predicted molar refractivity (Wildman–Crippen MR) is 83.0 cm³/mol. The first-order valence-electron chi connectivity index (χ1n) is 6.84. The van der Waals surface area contributed by atoms with Crippen LogP contribution in [0, 0.1) is 0 Å². The Bertz CT molecular complexity index is 701. The normalized spacial score (nSPS) is 12.9. The van der Waals surface area contributed by atoms with Gasteiger partial charge in [-0.1, -0.05) is 6.92 Å². The minimum absolute atomic E-state index is 0.139. The molecule has 3 aromatic rings. The van der Waals surface area contributed by atoms with Gasteiger partial charge in [-0.15, -0.1) is 11.3 Å². The zero-order chi connectivity index (χ0) is 13.9. The van der Waals surface area contributed by atoms with Crippen molar-refractivity contribution in [1.29, 1.82) is 0 Å². The van der Waals surface area contributed by atoms with E-state index in [4.69, 9.17) is 0 Å². The highest BCUT2D eigenvalue weighted by Crippen LogP contribution is 2.26. The molecule has 3 rings (SSSR count). The predicted octanol–water partition coefficient (Wildman–Crippen LogP) is 3.21. The Morgan fingerprint density at radius 3 is 3.05 bits per heavy atom. The van der Waals surface area contributed by atoms with Gasteiger partial charge in [0.1, 0.15) is 0 Å². The van der Waals surface area contributed by atoms with Crippen molar-refractivity contribution in [3.05, 3.63) is 47.2 Å². The van der Waals surface area contributed by atoms with Gasteiger partial charge in [0.2, 0.25) is 0 Å². The molecule has 0 aromatic carbocycles. The van der Waals surface area contributed by atoms with E-state index in [0.717, 1.165) is 18.5 Å². The van der Waals surface area contributed by atoms with E-state index >= 15 is 0 Å². The lowest BCUT2D eigenvalue weighted by Gasteiger charge is -2.14. The quantitative estimate of drug-likeness (QED) is 0.783. The van der Waals surface area contributed by atoms with E-state index in [2.05, 4.69) is 46.0 Å². The summed E-state index contributed by atoms with van der Waals surface area (Å²) in [7, 11) is 1.97. The van der Waals surface area contributed by atoms with E-state index in [0.29, 0.717) is 0 Å². The standard InChI is InChI=1S/C15H18N4S/c1-3-5-19-10-12(9-18-19)15(16-2)11-7-14-13(17-8-11)4-6-20-14/h4,6-10,15-16H,3,5H2,1-2H3. The van der Waals surface area contributed by atoms with E-state index < -0.39 is 0 Å². The fraction of sp³-hybridized carbons (Fsp3) is 0.333. The number of aromatic nitrogens is 3. The zero-order valence-electron chi connectivity index (χ0n) is 11.7. The van der Waals surface area contributed by atoms with Gasteiger partial charge in [-0.3, -0.25) is 9.67 Å². The van der Waals surface area contributed by atoms with Gasteiger partial charge in [0.05, 0.1) is 22.5 Å². The van der Waals surface area contributed by atoms with E-state index in [1.807, 2.05) is 24.1 Å². The minimum atomic E-state index is 0.139. The second-order valence-electron chi connectivity index (χ2n) is 4.83. The van der Waals surface area contributed by atoms with Gasteiger partial charge in [0, 0.05) is 24.5 Å². The molecule has 4 nitrogen and oxygen atoms in total. The topological polar surface area (TPSA) is 42.7 Å². The van der Waals surface area contributed by atoms with Crippen LogP contribution in [0.1, 0.15) is 30.5 Å². The zero-order valence-corrected chi connectivity index (χ0v) is 12.5. The van der Waals surface area contributed by atoms with Crippen molar-refractivity contribution in [2.45, 2.75) is 25.9 Å². The highest BCUT2D eigenvalue weighted by molar-refractivity contribution is 7.17. The monoisotopic (exact) mass is 286 g/mol. The number of fused-ring (bicyclic) bond motifs is 1. The molecule has 20 heavy (non-hydrogen) atoms. The lowest BCUT2D eigenvalue weighted by Crippen LogP contribution is -2.17. The van der Waals surface area contributed by atoms with Crippen LogP contribution < -0.4 is 5.32 Å². The summed E-state index contributed by atoms with van der Waals surface area (Å²) in [5.74, 6) is 0. The Balaban J connectivity index is 1.94. The van der Waals surface area contributed by atoms with Crippen molar-refractivity contribution in [2.24, 2.45) is 0 Å². The fourth-order valence-corrected chi connectivity index (χ4v) is 3.21. The second kappa shape index (κ2) is 5.73. The summed E-state index contributed by atoms with van der Waals surface area (Å²) >= 11 is 1.73. The number of nitrogens with one attached hydrogen (secondary N) is 1. The Kier molecular flexibility index (Phi) is 3.80. The molecule has 104 valence electrons. The van der Waals surface area contributed by atoms with E-state index in [-0.39, 0.29) is 6.04 Å². The third kappa shape index (κ3) is 2.46. The Morgan fingerprint density at radius 1 is 1.35 bits per heavy atom. The molecular formula is C15H18N4S. The molecule has 0 aliphatic heterocycles. The van der Waals surface area contributed by atoms with Crippen molar-refractivity contribution in [2.75, 3.05) is 7.05 Å². The molecule has 0 aliphatic rings. The highest BCUT2D eigenvalue weighted by atomic mass is 32.1. The van der Waals surface area contributed by atoms with Gasteiger partial charge >= 0.3 is 0 Å². The molecule has 1 N–H and O–H groups in total. The molecule has 0 bridgehead atoms. The van der Waals surface area contributed by atoms with Crippen LogP contribution in [0.15, 0.2) is 36.1 Å². The fourth-order valence-electron chi connectivity index (χ4n) is 2.43. The molecule has 0 spiro atoms. The molecule has 0 fully saturated rings. The van der Waals surface area contributed by atoms with E-state index in [9.17, 15) is 0 Å². The van der Waals surface area contributed by atoms with E-state index in [1.165, 1.54) is 15.8 Å². The summed E-state index contributed by atoms with van der Waals surface area (Å²) in [6, 6.07) is 4.41. The molecule has 0 radical (unpaired) electrons. The lowest BCUT2D eigenvalue weighted by atomic mass is 10.0. The Labute approximate surface area is 122 Å². The molecule has 5 heteroatoms. The first-order chi connectivity index (χ1) is 9.81. The molecule has 0 aliphatic carbocycles. The SMILES string of the molecule is CCCn1cc(C(NC)c2cnc3ccsc3c2)cn1. The van der Waals surface area contributed by atoms with Crippen molar-refractivity contribution in [3.8, 4) is 0 Å². The molecule has 3 heterocycles. The second-order valence-corrected chi connectivity index (χ2v) is 5.78. The number of rotatable bonds is 5. The highest BCUT2D eigenvalue weighted by Gasteiger charge is 2.15. The first kappa shape index (κ1) is 13.3. The van der Waals surface area contributed by atoms with Crippen molar-refractivity contribution >= 4 is 21.6 Å². The van der Waals surface area contributed by atoms with Crippen LogP contribution >= 0.6 is 11.3 Å². The molecular weight excluding hydrogens is 268 g/mol. The minimum Gasteiger partial charge on any atom is -0.309 e. The summed E-state index contributed by atoms with van der Waals surface area (Å²) in [5, 5.41) is 9.85. The van der Waals surface area contributed by atoms with Crippen LogP contribution in [-0.4, -0.2) is 21.8 Å². The lowest BCUT2D eigenvalue weighted by molar-refractivity contribution is 0.600. The average Bonchev–Trinajstić information content (AvgIpc) is 3.09. The van der Waals surface area contributed by atoms with Gasteiger partial charge < -0.3 is 5.32 Å². The van der Waals surface area contributed by atoms with Crippen LogP contribution in [0.4, 0.5) is 0 Å².